The van der Waals surface area contributed by atoms with Crippen LogP contribution in [0.2, 0.25) is 0 Å². The average molecular weight is 340 g/mol. The van der Waals surface area contributed by atoms with Crippen LogP contribution in [-0.4, -0.2) is 22.4 Å². The molecule has 1 aliphatic carbocycles. The Balaban J connectivity index is 1.79. The molecule has 1 atom stereocenters. The van der Waals surface area contributed by atoms with Crippen molar-refractivity contribution in [3.8, 4) is 0 Å². The molecule has 1 aromatic carbocycles. The summed E-state index contributed by atoms with van der Waals surface area (Å²) in [4.78, 5) is 12.3. The molecule has 1 heterocycles. The van der Waals surface area contributed by atoms with Crippen molar-refractivity contribution in [3.63, 3.8) is 0 Å². The van der Waals surface area contributed by atoms with Crippen molar-refractivity contribution in [2.45, 2.75) is 58.4 Å². The number of nitrogens with zero attached hydrogens (tertiary/aromatic N) is 2. The molecule has 0 bridgehead atoms. The van der Waals surface area contributed by atoms with E-state index >= 15 is 0 Å². The van der Waals surface area contributed by atoms with Gasteiger partial charge in [-0.05, 0) is 30.4 Å². The molecule has 1 aliphatic rings. The number of ether oxygens (including phenoxy) is 1. The Morgan fingerprint density at radius 3 is 2.76 bits per heavy atom. The third-order valence-electron chi connectivity index (χ3n) is 4.94. The summed E-state index contributed by atoms with van der Waals surface area (Å²) in [6.07, 6.45) is 5.70. The van der Waals surface area contributed by atoms with E-state index in [1.807, 2.05) is 16.8 Å². The van der Waals surface area contributed by atoms with Crippen molar-refractivity contribution in [1.29, 1.82) is 0 Å². The van der Waals surface area contributed by atoms with Gasteiger partial charge in [-0.1, -0.05) is 63.4 Å². The summed E-state index contributed by atoms with van der Waals surface area (Å²) in [6, 6.07) is 12.3. The smallest absolute Gasteiger partial charge is 0.358 e. The maximum Gasteiger partial charge on any atom is 0.358 e. The second kappa shape index (κ2) is 8.32. The molecule has 2 aromatic rings. The fraction of sp³-hybridized carbons (Fsp3) is 0.524. The first-order valence-electron chi connectivity index (χ1n) is 9.48. The lowest BCUT2D eigenvalue weighted by molar-refractivity contribution is 0.0491. The van der Waals surface area contributed by atoms with E-state index in [1.54, 1.807) is 0 Å². The Hall–Kier alpha value is -2.10. The van der Waals surface area contributed by atoms with E-state index in [1.165, 1.54) is 18.4 Å². The van der Waals surface area contributed by atoms with Gasteiger partial charge in [-0.15, -0.1) is 0 Å². The number of carbonyl (C=O) groups excluding carboxylic acids is 1. The van der Waals surface area contributed by atoms with E-state index in [0.717, 1.165) is 37.4 Å². The van der Waals surface area contributed by atoms with Crippen molar-refractivity contribution < 1.29 is 9.53 Å². The maximum atomic E-state index is 12.3. The number of rotatable bonds is 9. The molecule has 134 valence electrons. The Morgan fingerprint density at radius 2 is 2.08 bits per heavy atom. The monoisotopic (exact) mass is 340 g/mol. The van der Waals surface area contributed by atoms with Crippen LogP contribution in [0.1, 0.15) is 73.6 Å². The quantitative estimate of drug-likeness (QED) is 0.487. The Labute approximate surface area is 150 Å². The van der Waals surface area contributed by atoms with Crippen molar-refractivity contribution >= 4 is 5.97 Å². The second-order valence-electron chi connectivity index (χ2n) is 7.03. The second-order valence-corrected chi connectivity index (χ2v) is 7.03. The lowest BCUT2D eigenvalue weighted by Gasteiger charge is -2.14. The van der Waals surface area contributed by atoms with Gasteiger partial charge in [0.25, 0.3) is 0 Å². The zero-order chi connectivity index (χ0) is 17.6. The van der Waals surface area contributed by atoms with Crippen LogP contribution in [0.15, 0.2) is 36.4 Å². The molecule has 4 nitrogen and oxygen atoms in total. The van der Waals surface area contributed by atoms with Crippen LogP contribution >= 0.6 is 0 Å². The highest BCUT2D eigenvalue weighted by molar-refractivity contribution is 5.87. The fourth-order valence-electron chi connectivity index (χ4n) is 3.07. The van der Waals surface area contributed by atoms with Crippen molar-refractivity contribution in [2.75, 3.05) is 6.61 Å². The van der Waals surface area contributed by atoms with Crippen molar-refractivity contribution in [2.24, 2.45) is 5.92 Å². The molecule has 0 radical (unpaired) electrons. The Morgan fingerprint density at radius 1 is 1.32 bits per heavy atom. The number of hydrogen-bond acceptors (Lipinski definition) is 3. The molecule has 0 aliphatic heterocycles. The van der Waals surface area contributed by atoms with E-state index in [0.29, 0.717) is 12.3 Å². The highest BCUT2D eigenvalue weighted by atomic mass is 16.5. The molecular weight excluding hydrogens is 312 g/mol. The minimum Gasteiger partial charge on any atom is -0.461 e. The van der Waals surface area contributed by atoms with Crippen molar-refractivity contribution in [1.82, 2.24) is 9.78 Å². The van der Waals surface area contributed by atoms with Crippen LogP contribution in [0, 0.1) is 5.92 Å². The minimum absolute atomic E-state index is 0.199. The number of hydrogen-bond donors (Lipinski definition) is 0. The number of carbonyl (C=O) groups is 1. The van der Waals surface area contributed by atoms with Crippen molar-refractivity contribution in [3.05, 3.63) is 53.3 Å². The summed E-state index contributed by atoms with van der Waals surface area (Å²) < 4.78 is 7.37. The van der Waals surface area contributed by atoms with Crippen LogP contribution in [-0.2, 0) is 11.3 Å². The first kappa shape index (κ1) is 17.7. The first-order valence-corrected chi connectivity index (χ1v) is 9.48. The number of aromatic nitrogens is 2. The summed E-state index contributed by atoms with van der Waals surface area (Å²) in [5, 5.41) is 4.58. The van der Waals surface area contributed by atoms with Gasteiger partial charge in [-0.3, -0.25) is 4.68 Å². The van der Waals surface area contributed by atoms with Gasteiger partial charge < -0.3 is 4.74 Å². The van der Waals surface area contributed by atoms with Crippen LogP contribution in [0.4, 0.5) is 0 Å². The van der Waals surface area contributed by atoms with Gasteiger partial charge in [-0.25, -0.2) is 4.79 Å². The number of benzene rings is 1. The van der Waals surface area contributed by atoms with E-state index in [2.05, 4.69) is 43.2 Å². The van der Waals surface area contributed by atoms with Gasteiger partial charge in [-0.2, -0.15) is 5.10 Å². The maximum absolute atomic E-state index is 12.3. The van der Waals surface area contributed by atoms with E-state index in [-0.39, 0.29) is 11.9 Å². The van der Waals surface area contributed by atoms with Gasteiger partial charge in [0.05, 0.1) is 6.61 Å². The fourth-order valence-corrected chi connectivity index (χ4v) is 3.07. The van der Waals surface area contributed by atoms with Crippen LogP contribution in [0.3, 0.4) is 0 Å². The Bertz CT molecular complexity index is 689. The predicted molar refractivity (Wildman–Crippen MR) is 98.7 cm³/mol. The molecule has 0 saturated heterocycles. The minimum atomic E-state index is -0.305. The summed E-state index contributed by atoms with van der Waals surface area (Å²) in [7, 11) is 0. The molecule has 1 aromatic heterocycles. The molecule has 1 fully saturated rings. The third kappa shape index (κ3) is 4.71. The predicted octanol–water partition coefficient (Wildman–Crippen LogP) is 4.79. The standard InChI is InChI=1S/C21H28N2O2/c1-3-4-14-25-21(24)19-15-20(16(2)18-8-6-5-7-9-18)23(22-19)13-12-17-10-11-17/h5-9,15-17H,3-4,10-14H2,1-2H3. The molecule has 0 N–H and O–H groups in total. The van der Waals surface area contributed by atoms with Gasteiger partial charge in [0.2, 0.25) is 0 Å². The van der Waals surface area contributed by atoms with Crippen LogP contribution in [0.25, 0.3) is 0 Å². The third-order valence-corrected chi connectivity index (χ3v) is 4.94. The number of aryl methyl sites for hydroxylation is 1. The summed E-state index contributed by atoms with van der Waals surface area (Å²) in [6.45, 7) is 5.60. The lowest BCUT2D eigenvalue weighted by Crippen LogP contribution is -2.11. The van der Waals surface area contributed by atoms with E-state index in [9.17, 15) is 4.79 Å². The van der Waals surface area contributed by atoms with Crippen LogP contribution in [0.5, 0.6) is 0 Å². The largest absolute Gasteiger partial charge is 0.461 e. The molecule has 3 rings (SSSR count). The highest BCUT2D eigenvalue weighted by Gasteiger charge is 2.24. The Kier molecular flexibility index (Phi) is 5.90. The molecule has 0 spiro atoms. The van der Waals surface area contributed by atoms with Gasteiger partial charge in [0.1, 0.15) is 0 Å². The molecule has 4 heteroatoms. The van der Waals surface area contributed by atoms with Gasteiger partial charge in [0.15, 0.2) is 5.69 Å². The summed E-state index contributed by atoms with van der Waals surface area (Å²) in [5.74, 6) is 0.731. The zero-order valence-corrected chi connectivity index (χ0v) is 15.3. The van der Waals surface area contributed by atoms with Crippen LogP contribution < -0.4 is 0 Å². The zero-order valence-electron chi connectivity index (χ0n) is 15.3. The SMILES string of the molecule is CCCCOC(=O)c1cc(C(C)c2ccccc2)n(CCC2CC2)n1. The van der Waals surface area contributed by atoms with Gasteiger partial charge in [0, 0.05) is 18.2 Å². The summed E-state index contributed by atoms with van der Waals surface area (Å²) in [5.41, 5.74) is 2.76. The topological polar surface area (TPSA) is 44.1 Å². The molecule has 25 heavy (non-hydrogen) atoms. The highest BCUT2D eigenvalue weighted by Crippen LogP contribution is 2.33. The summed E-state index contributed by atoms with van der Waals surface area (Å²) >= 11 is 0. The molecule has 1 saturated carbocycles. The van der Waals surface area contributed by atoms with Gasteiger partial charge >= 0.3 is 5.97 Å². The molecule has 1 unspecified atom stereocenters. The van der Waals surface area contributed by atoms with E-state index in [4.69, 9.17) is 4.74 Å². The first-order chi connectivity index (χ1) is 12.2. The van der Waals surface area contributed by atoms with E-state index < -0.39 is 0 Å². The number of esters is 1. The molecule has 0 amide bonds. The molecular formula is C21H28N2O2. The number of unbranched alkanes of at least 4 members (excludes halogenated alkanes) is 1. The average Bonchev–Trinajstić information content (AvgIpc) is 3.37. The lowest BCUT2D eigenvalue weighted by atomic mass is 9.97. The normalized spacial score (nSPS) is 15.1.